The molecule has 0 radical (unpaired) electrons. The second-order valence-electron chi connectivity index (χ2n) is 6.98. The van der Waals surface area contributed by atoms with Gasteiger partial charge < -0.3 is 14.8 Å². The molecule has 156 valence electrons. The fourth-order valence-corrected chi connectivity index (χ4v) is 4.04. The summed E-state index contributed by atoms with van der Waals surface area (Å²) in [5, 5.41) is 18.3. The van der Waals surface area contributed by atoms with Crippen LogP contribution in [0.1, 0.15) is 57.6 Å². The van der Waals surface area contributed by atoms with Crippen LogP contribution in [0.15, 0.2) is 59.6 Å². The second kappa shape index (κ2) is 10.1. The predicted octanol–water partition coefficient (Wildman–Crippen LogP) is 4.96. The Morgan fingerprint density at radius 3 is 2.43 bits per heavy atom. The molecule has 0 amide bonds. The fraction of sp³-hybridized carbons (Fsp3) is 0.261. The number of carbonyl (C=O) groups is 2. The lowest BCUT2D eigenvalue weighted by Crippen LogP contribution is -2.09. The third-order valence-electron chi connectivity index (χ3n) is 4.78. The van der Waals surface area contributed by atoms with Crippen molar-refractivity contribution in [3.8, 4) is 0 Å². The van der Waals surface area contributed by atoms with Crippen LogP contribution in [0.2, 0.25) is 0 Å². The summed E-state index contributed by atoms with van der Waals surface area (Å²) in [6.45, 7) is 2.76. The number of imidazole rings is 1. The average Bonchev–Trinajstić information content (AvgIpc) is 3.12. The molecular formula is C23H24N2O4S. The molecule has 0 unspecified atom stereocenters. The molecule has 3 rings (SSSR count). The number of aryl methyl sites for hydroxylation is 1. The Balaban J connectivity index is 1.80. The summed E-state index contributed by atoms with van der Waals surface area (Å²) in [6, 6.07) is 13.8. The summed E-state index contributed by atoms with van der Waals surface area (Å²) in [4.78, 5) is 27.8. The van der Waals surface area contributed by atoms with Crippen molar-refractivity contribution in [1.29, 1.82) is 0 Å². The van der Waals surface area contributed by atoms with E-state index in [1.165, 1.54) is 0 Å². The molecule has 0 atom stereocenters. The standard InChI is InChI=1S/C23H24N2O4S/c1-2-3-7-21-24-13-19(15-30-20-6-4-5-18(12-20)23(28)29)25(21)14-16-8-10-17(11-9-16)22(26)27/h4-6,8-13H,2-3,7,14-15H2,1H3,(H,26,27)(H,28,29). The first-order valence-corrected chi connectivity index (χ1v) is 10.8. The van der Waals surface area contributed by atoms with Crippen molar-refractivity contribution in [2.45, 2.75) is 43.4 Å². The monoisotopic (exact) mass is 424 g/mol. The maximum absolute atomic E-state index is 11.2. The molecule has 1 aromatic heterocycles. The van der Waals surface area contributed by atoms with E-state index < -0.39 is 11.9 Å². The number of nitrogens with zero attached hydrogens (tertiary/aromatic N) is 2. The van der Waals surface area contributed by atoms with E-state index in [1.807, 2.05) is 24.4 Å². The quantitative estimate of drug-likeness (QED) is 0.447. The van der Waals surface area contributed by atoms with Crippen LogP contribution in [0, 0.1) is 0 Å². The number of carboxylic acid groups (broad SMARTS) is 2. The molecule has 0 saturated heterocycles. The van der Waals surface area contributed by atoms with Gasteiger partial charge in [-0.15, -0.1) is 11.8 Å². The van der Waals surface area contributed by atoms with Crippen molar-refractivity contribution in [1.82, 2.24) is 9.55 Å². The lowest BCUT2D eigenvalue weighted by atomic mass is 10.1. The third-order valence-corrected chi connectivity index (χ3v) is 5.81. The molecule has 0 bridgehead atoms. The van der Waals surface area contributed by atoms with Gasteiger partial charge in [0.1, 0.15) is 5.82 Å². The molecule has 0 fully saturated rings. The highest BCUT2D eigenvalue weighted by atomic mass is 32.2. The Morgan fingerprint density at radius 1 is 1.03 bits per heavy atom. The van der Waals surface area contributed by atoms with E-state index >= 15 is 0 Å². The van der Waals surface area contributed by atoms with Gasteiger partial charge in [0.2, 0.25) is 0 Å². The number of hydrogen-bond acceptors (Lipinski definition) is 4. The van der Waals surface area contributed by atoms with Gasteiger partial charge in [0.05, 0.1) is 11.1 Å². The Labute approximate surface area is 179 Å². The summed E-state index contributed by atoms with van der Waals surface area (Å²) in [7, 11) is 0. The molecule has 6 nitrogen and oxygen atoms in total. The van der Waals surface area contributed by atoms with E-state index in [4.69, 9.17) is 5.11 Å². The van der Waals surface area contributed by atoms with Gasteiger partial charge in [-0.05, 0) is 42.3 Å². The number of benzene rings is 2. The molecular weight excluding hydrogens is 400 g/mol. The van der Waals surface area contributed by atoms with Crippen molar-refractivity contribution >= 4 is 23.7 Å². The number of rotatable bonds is 10. The van der Waals surface area contributed by atoms with Crippen LogP contribution >= 0.6 is 11.8 Å². The summed E-state index contributed by atoms with van der Waals surface area (Å²) in [5.41, 5.74) is 2.60. The smallest absolute Gasteiger partial charge is 0.335 e. The lowest BCUT2D eigenvalue weighted by Gasteiger charge is -2.13. The predicted molar refractivity (Wildman–Crippen MR) is 116 cm³/mol. The van der Waals surface area contributed by atoms with E-state index in [2.05, 4.69) is 16.5 Å². The maximum atomic E-state index is 11.2. The molecule has 1 heterocycles. The second-order valence-corrected chi connectivity index (χ2v) is 8.03. The van der Waals surface area contributed by atoms with Crippen molar-refractivity contribution in [2.24, 2.45) is 0 Å². The number of thioether (sulfide) groups is 1. The summed E-state index contributed by atoms with van der Waals surface area (Å²) >= 11 is 1.57. The van der Waals surface area contributed by atoms with Gasteiger partial charge in [-0.1, -0.05) is 31.5 Å². The van der Waals surface area contributed by atoms with Gasteiger partial charge in [-0.25, -0.2) is 14.6 Å². The lowest BCUT2D eigenvalue weighted by molar-refractivity contribution is 0.0686. The van der Waals surface area contributed by atoms with Crippen LogP contribution in [0.3, 0.4) is 0 Å². The Bertz CT molecular complexity index is 1030. The first kappa shape index (κ1) is 21.6. The fourth-order valence-electron chi connectivity index (χ4n) is 3.11. The summed E-state index contributed by atoms with van der Waals surface area (Å²) in [6.07, 6.45) is 4.88. The molecule has 0 aliphatic carbocycles. The van der Waals surface area contributed by atoms with E-state index in [1.54, 1.807) is 42.1 Å². The number of unbranched alkanes of at least 4 members (excludes halogenated alkanes) is 1. The molecule has 3 aromatic rings. The SMILES string of the molecule is CCCCc1ncc(CSc2cccc(C(=O)O)c2)n1Cc1ccc(C(=O)O)cc1. The highest BCUT2D eigenvalue weighted by Gasteiger charge is 2.12. The van der Waals surface area contributed by atoms with Gasteiger partial charge in [0.15, 0.2) is 0 Å². The Hall–Kier alpha value is -3.06. The first-order valence-electron chi connectivity index (χ1n) is 9.79. The number of carboxylic acids is 2. The van der Waals surface area contributed by atoms with E-state index in [0.717, 1.165) is 41.2 Å². The molecule has 2 N–H and O–H groups in total. The van der Waals surface area contributed by atoms with Gasteiger partial charge in [0.25, 0.3) is 0 Å². The average molecular weight is 425 g/mol. The number of aromatic nitrogens is 2. The molecule has 30 heavy (non-hydrogen) atoms. The van der Waals surface area contributed by atoms with E-state index in [-0.39, 0.29) is 11.1 Å². The van der Waals surface area contributed by atoms with Crippen LogP contribution in [-0.2, 0) is 18.7 Å². The highest BCUT2D eigenvalue weighted by Crippen LogP contribution is 2.25. The normalized spacial score (nSPS) is 10.8. The van der Waals surface area contributed by atoms with Gasteiger partial charge in [-0.2, -0.15) is 0 Å². The Morgan fingerprint density at radius 2 is 1.77 bits per heavy atom. The number of hydrogen-bond donors (Lipinski definition) is 2. The highest BCUT2D eigenvalue weighted by molar-refractivity contribution is 7.98. The van der Waals surface area contributed by atoms with Crippen LogP contribution < -0.4 is 0 Å². The van der Waals surface area contributed by atoms with Crippen LogP contribution in [0.5, 0.6) is 0 Å². The van der Waals surface area contributed by atoms with E-state index in [0.29, 0.717) is 12.3 Å². The zero-order valence-corrected chi connectivity index (χ0v) is 17.6. The number of aromatic carboxylic acids is 2. The van der Waals surface area contributed by atoms with E-state index in [9.17, 15) is 14.7 Å². The van der Waals surface area contributed by atoms with Gasteiger partial charge in [0, 0.05) is 35.5 Å². The van der Waals surface area contributed by atoms with Crippen molar-refractivity contribution < 1.29 is 19.8 Å². The summed E-state index contributed by atoms with van der Waals surface area (Å²) < 4.78 is 2.18. The van der Waals surface area contributed by atoms with Crippen molar-refractivity contribution in [3.05, 3.63) is 82.9 Å². The molecule has 7 heteroatoms. The maximum Gasteiger partial charge on any atom is 0.335 e. The topological polar surface area (TPSA) is 92.4 Å². The van der Waals surface area contributed by atoms with Crippen molar-refractivity contribution in [3.63, 3.8) is 0 Å². The van der Waals surface area contributed by atoms with Crippen LogP contribution in [-0.4, -0.2) is 31.7 Å². The minimum Gasteiger partial charge on any atom is -0.478 e. The minimum absolute atomic E-state index is 0.268. The molecule has 0 spiro atoms. The Kier molecular flexibility index (Phi) is 7.30. The van der Waals surface area contributed by atoms with Crippen LogP contribution in [0.25, 0.3) is 0 Å². The molecule has 0 aliphatic heterocycles. The zero-order valence-electron chi connectivity index (χ0n) is 16.7. The molecule has 0 aliphatic rings. The van der Waals surface area contributed by atoms with Crippen LogP contribution in [0.4, 0.5) is 0 Å². The third kappa shape index (κ3) is 5.51. The first-order chi connectivity index (χ1) is 14.5. The van der Waals surface area contributed by atoms with Gasteiger partial charge in [-0.3, -0.25) is 0 Å². The largest absolute Gasteiger partial charge is 0.478 e. The zero-order chi connectivity index (χ0) is 21.5. The van der Waals surface area contributed by atoms with Gasteiger partial charge >= 0.3 is 11.9 Å². The minimum atomic E-state index is -0.937. The van der Waals surface area contributed by atoms with Crippen molar-refractivity contribution in [2.75, 3.05) is 0 Å². The summed E-state index contributed by atoms with van der Waals surface area (Å²) in [5.74, 6) is -0.202. The molecule has 0 saturated carbocycles. The molecule has 2 aromatic carbocycles.